The molecule has 2 aromatic rings. The van der Waals surface area contributed by atoms with Crippen molar-refractivity contribution in [2.45, 2.75) is 50.6 Å². The molecule has 2 unspecified atom stereocenters. The number of rotatable bonds is 6. The normalized spacial score (nSPS) is 22.7. The van der Waals surface area contributed by atoms with E-state index in [2.05, 4.69) is 61.9 Å². The summed E-state index contributed by atoms with van der Waals surface area (Å²) in [5, 5.41) is 0. The Morgan fingerprint density at radius 1 is 1.03 bits per heavy atom. The fraction of sp³-hybridized carbons (Fsp3) is 0.536. The van der Waals surface area contributed by atoms with Crippen LogP contribution in [0.15, 0.2) is 36.5 Å². The molecule has 2 bridgehead atoms. The van der Waals surface area contributed by atoms with Crippen LogP contribution in [0.5, 0.6) is 5.75 Å². The number of hydrogen-bond acceptors (Lipinski definition) is 6. The Kier molecular flexibility index (Phi) is 7.52. The van der Waals surface area contributed by atoms with Crippen molar-refractivity contribution in [3.8, 4) is 17.6 Å². The van der Waals surface area contributed by atoms with Crippen molar-refractivity contribution >= 4 is 11.4 Å². The van der Waals surface area contributed by atoms with E-state index in [1.54, 1.807) is 7.11 Å². The number of nitrogens with zero attached hydrogens (tertiary/aromatic N) is 4. The van der Waals surface area contributed by atoms with Gasteiger partial charge in [0.25, 0.3) is 0 Å². The molecule has 0 amide bonds. The van der Waals surface area contributed by atoms with Gasteiger partial charge in [0.15, 0.2) is 6.79 Å². The summed E-state index contributed by atoms with van der Waals surface area (Å²) in [7, 11) is 1.64. The molecule has 3 saturated heterocycles. The van der Waals surface area contributed by atoms with Gasteiger partial charge in [-0.1, -0.05) is 18.8 Å². The second-order valence-corrected chi connectivity index (χ2v) is 9.57. The lowest BCUT2D eigenvalue weighted by atomic mass is 10.1. The number of ether oxygens (including phenoxy) is 2. The minimum Gasteiger partial charge on any atom is -0.467 e. The van der Waals surface area contributed by atoms with Crippen LogP contribution >= 0.6 is 0 Å². The molecule has 0 saturated carbocycles. The maximum atomic E-state index is 5.62. The van der Waals surface area contributed by atoms with E-state index in [1.807, 2.05) is 12.3 Å². The minimum absolute atomic E-state index is 0.252. The van der Waals surface area contributed by atoms with Gasteiger partial charge in [-0.3, -0.25) is 4.90 Å². The van der Waals surface area contributed by atoms with Crippen molar-refractivity contribution in [3.05, 3.63) is 48.3 Å². The molecule has 1 radical (unpaired) electrons. The largest absolute Gasteiger partial charge is 0.467 e. The van der Waals surface area contributed by atoms with Crippen molar-refractivity contribution in [2.24, 2.45) is 0 Å². The zero-order chi connectivity index (χ0) is 23.2. The molecule has 0 N–H and O–H groups in total. The van der Waals surface area contributed by atoms with Crippen LogP contribution in [0.1, 0.15) is 44.2 Å². The molecule has 4 heterocycles. The highest BCUT2D eigenvalue weighted by Gasteiger charge is 2.40. The summed E-state index contributed by atoms with van der Waals surface area (Å²) in [6.45, 7) is 5.44. The Morgan fingerprint density at radius 3 is 2.59 bits per heavy atom. The zero-order valence-electron chi connectivity index (χ0n) is 20.2. The lowest BCUT2D eigenvalue weighted by molar-refractivity contribution is 0.0511. The lowest BCUT2D eigenvalue weighted by Gasteiger charge is -2.43. The zero-order valence-corrected chi connectivity index (χ0v) is 20.2. The highest BCUT2D eigenvalue weighted by molar-refractivity contribution is 5.58. The number of pyridine rings is 1. The van der Waals surface area contributed by atoms with Gasteiger partial charge >= 0.3 is 0 Å². The minimum atomic E-state index is 0.252. The quantitative estimate of drug-likeness (QED) is 0.481. The van der Waals surface area contributed by atoms with Crippen LogP contribution in [-0.2, 0) is 4.74 Å². The molecule has 0 aliphatic carbocycles. The van der Waals surface area contributed by atoms with Gasteiger partial charge in [-0.2, -0.15) is 0 Å². The van der Waals surface area contributed by atoms with E-state index in [0.717, 1.165) is 31.1 Å². The van der Waals surface area contributed by atoms with E-state index in [9.17, 15) is 0 Å². The average molecular weight is 460 g/mol. The van der Waals surface area contributed by atoms with Gasteiger partial charge in [0.1, 0.15) is 11.4 Å². The van der Waals surface area contributed by atoms with Crippen LogP contribution in [0, 0.1) is 17.9 Å². The van der Waals surface area contributed by atoms with E-state index in [4.69, 9.17) is 9.47 Å². The fourth-order valence-electron chi connectivity index (χ4n) is 5.55. The van der Waals surface area contributed by atoms with E-state index >= 15 is 0 Å². The van der Waals surface area contributed by atoms with Crippen LogP contribution < -0.4 is 14.5 Å². The molecule has 0 spiro atoms. The maximum absolute atomic E-state index is 5.62. The molecular formula is C28H35N4O2. The molecule has 3 aliphatic rings. The van der Waals surface area contributed by atoms with E-state index < -0.39 is 0 Å². The topological polar surface area (TPSA) is 41.1 Å². The van der Waals surface area contributed by atoms with Crippen molar-refractivity contribution in [1.29, 1.82) is 0 Å². The lowest BCUT2D eigenvalue weighted by Crippen LogP contribution is -2.54. The van der Waals surface area contributed by atoms with Gasteiger partial charge in [0, 0.05) is 55.9 Å². The van der Waals surface area contributed by atoms with E-state index in [0.29, 0.717) is 12.1 Å². The number of methoxy groups -OCH3 is 1. The molecule has 34 heavy (non-hydrogen) atoms. The molecule has 1 aromatic carbocycles. The third-order valence-corrected chi connectivity index (χ3v) is 7.20. The van der Waals surface area contributed by atoms with Crippen molar-refractivity contribution in [3.63, 3.8) is 0 Å². The van der Waals surface area contributed by atoms with Crippen LogP contribution in [0.25, 0.3) is 0 Å². The Labute approximate surface area is 203 Å². The van der Waals surface area contributed by atoms with Crippen molar-refractivity contribution in [1.82, 2.24) is 9.88 Å². The summed E-state index contributed by atoms with van der Waals surface area (Å²) in [5.74, 6) is 7.51. The Hall–Kier alpha value is -2.75. The molecule has 6 heteroatoms. The maximum Gasteiger partial charge on any atom is 0.188 e. The van der Waals surface area contributed by atoms with Gasteiger partial charge in [-0.15, -0.1) is 0 Å². The monoisotopic (exact) mass is 459 g/mol. The summed E-state index contributed by atoms with van der Waals surface area (Å²) in [5.41, 5.74) is 3.30. The third kappa shape index (κ3) is 5.48. The first-order chi connectivity index (χ1) is 16.8. The number of anilines is 2. The summed E-state index contributed by atoms with van der Waals surface area (Å²) in [6, 6.07) is 14.5. The Balaban J connectivity index is 1.24. The molecule has 1 aromatic heterocycles. The van der Waals surface area contributed by atoms with Gasteiger partial charge in [-0.25, -0.2) is 4.98 Å². The van der Waals surface area contributed by atoms with Gasteiger partial charge in [0.05, 0.1) is 6.54 Å². The fourth-order valence-corrected chi connectivity index (χ4v) is 5.55. The smallest absolute Gasteiger partial charge is 0.188 e. The van der Waals surface area contributed by atoms with Crippen molar-refractivity contribution in [2.75, 3.05) is 56.4 Å². The Morgan fingerprint density at radius 2 is 1.82 bits per heavy atom. The van der Waals surface area contributed by atoms with Crippen LogP contribution in [0.2, 0.25) is 0 Å². The summed E-state index contributed by atoms with van der Waals surface area (Å²) in [6.07, 6.45) is 9.65. The Bertz CT molecular complexity index is 995. The number of hydrogen-bond donors (Lipinski definition) is 0. The molecule has 3 aliphatic heterocycles. The third-order valence-electron chi connectivity index (χ3n) is 7.20. The predicted molar refractivity (Wildman–Crippen MR) is 135 cm³/mol. The molecular weight excluding hydrogens is 424 g/mol. The van der Waals surface area contributed by atoms with Crippen LogP contribution in [-0.4, -0.2) is 68.6 Å². The highest BCUT2D eigenvalue weighted by Crippen LogP contribution is 2.37. The number of likely N-dealkylation sites (tertiary alicyclic amines) is 1. The predicted octanol–water partition coefficient (Wildman–Crippen LogP) is 3.95. The molecule has 179 valence electrons. The van der Waals surface area contributed by atoms with Crippen LogP contribution in [0.3, 0.4) is 0 Å². The summed E-state index contributed by atoms with van der Waals surface area (Å²) >= 11 is 0. The SMILES string of the molecule is COCOc1c[c]cc(N2CC3CCC(C2)N3c2ccnc(C#CCN3CCCCCC3)c2)c1. The second-order valence-electron chi connectivity index (χ2n) is 9.57. The van der Waals surface area contributed by atoms with Gasteiger partial charge in [-0.05, 0) is 75.0 Å². The summed E-state index contributed by atoms with van der Waals surface area (Å²) < 4.78 is 10.7. The van der Waals surface area contributed by atoms with Crippen LogP contribution in [0.4, 0.5) is 11.4 Å². The molecule has 3 fully saturated rings. The molecule has 2 atom stereocenters. The van der Waals surface area contributed by atoms with Gasteiger partial charge < -0.3 is 19.3 Å². The number of aromatic nitrogens is 1. The first kappa shape index (κ1) is 23.0. The number of fused-ring (bicyclic) bond motifs is 2. The summed E-state index contributed by atoms with van der Waals surface area (Å²) in [4.78, 5) is 12.1. The average Bonchev–Trinajstić information content (AvgIpc) is 3.03. The van der Waals surface area contributed by atoms with E-state index in [-0.39, 0.29) is 6.79 Å². The second kappa shape index (κ2) is 11.1. The van der Waals surface area contributed by atoms with Crippen molar-refractivity contribution < 1.29 is 9.47 Å². The first-order valence-corrected chi connectivity index (χ1v) is 12.6. The highest BCUT2D eigenvalue weighted by atomic mass is 16.7. The van der Waals surface area contributed by atoms with E-state index in [1.165, 1.54) is 63.0 Å². The standard InChI is InChI=1S/C28H35N4O2/c1-33-22-34-28-10-6-9-24(19-28)31-20-26-11-12-27(21-31)32(26)25-13-14-29-23(18-25)8-7-17-30-15-4-2-3-5-16-30/h9-10,13-14,18-19,26-27H,2-5,11-12,15-17,20-22H2,1H3. The first-order valence-electron chi connectivity index (χ1n) is 12.6. The van der Waals surface area contributed by atoms with Gasteiger partial charge in [0.2, 0.25) is 0 Å². The molecule has 5 rings (SSSR count). The number of piperazine rings is 1. The molecule has 6 nitrogen and oxygen atoms in total. The number of benzene rings is 1.